The summed E-state index contributed by atoms with van der Waals surface area (Å²) in [7, 11) is 0. The Morgan fingerprint density at radius 3 is 2.58 bits per heavy atom. The van der Waals surface area contributed by atoms with Crippen LogP contribution in [0.3, 0.4) is 0 Å². The molecule has 0 aliphatic rings. The van der Waals surface area contributed by atoms with Gasteiger partial charge in [-0.15, -0.1) is 11.3 Å². The minimum atomic E-state index is 0.563. The van der Waals surface area contributed by atoms with Gasteiger partial charge in [0.1, 0.15) is 11.1 Å². The highest BCUT2D eigenvalue weighted by Crippen LogP contribution is 2.27. The lowest BCUT2D eigenvalue weighted by molar-refractivity contribution is 1.06. The van der Waals surface area contributed by atoms with E-state index in [1.54, 1.807) is 12.5 Å². The quantitative estimate of drug-likeness (QED) is 0.481. The van der Waals surface area contributed by atoms with Crippen LogP contribution in [-0.4, -0.2) is 14.5 Å². The van der Waals surface area contributed by atoms with Crippen LogP contribution in [0.2, 0.25) is 0 Å². The van der Waals surface area contributed by atoms with Gasteiger partial charge in [0, 0.05) is 29.0 Å². The minimum Gasteiger partial charge on any atom is -0.306 e. The van der Waals surface area contributed by atoms with Gasteiger partial charge in [0.25, 0.3) is 0 Å². The second kappa shape index (κ2) is 7.18. The molecule has 0 saturated heterocycles. The summed E-state index contributed by atoms with van der Waals surface area (Å²) in [5, 5.41) is 12.3. The van der Waals surface area contributed by atoms with E-state index in [0.29, 0.717) is 5.57 Å². The van der Waals surface area contributed by atoms with Gasteiger partial charge in [-0.25, -0.2) is 9.97 Å². The van der Waals surface area contributed by atoms with Gasteiger partial charge in [0.2, 0.25) is 0 Å². The van der Waals surface area contributed by atoms with Crippen molar-refractivity contribution >= 4 is 23.0 Å². The smallest absolute Gasteiger partial charge is 0.134 e. The zero-order valence-electron chi connectivity index (χ0n) is 13.8. The molecule has 2 aromatic carbocycles. The number of hydrogen-bond donors (Lipinski definition) is 0. The molecule has 26 heavy (non-hydrogen) atoms. The van der Waals surface area contributed by atoms with Crippen molar-refractivity contribution in [3.05, 3.63) is 89.3 Å². The normalized spacial score (nSPS) is 11.3. The third-order valence-electron chi connectivity index (χ3n) is 3.93. The van der Waals surface area contributed by atoms with Crippen LogP contribution in [0, 0.1) is 11.3 Å². The van der Waals surface area contributed by atoms with Gasteiger partial charge in [-0.2, -0.15) is 5.26 Å². The average molecular weight is 354 g/mol. The van der Waals surface area contributed by atoms with Crippen molar-refractivity contribution < 1.29 is 0 Å². The topological polar surface area (TPSA) is 54.5 Å². The summed E-state index contributed by atoms with van der Waals surface area (Å²) in [4.78, 5) is 8.67. The van der Waals surface area contributed by atoms with Crippen LogP contribution in [0.4, 0.5) is 0 Å². The lowest BCUT2D eigenvalue weighted by Gasteiger charge is -2.02. The van der Waals surface area contributed by atoms with E-state index in [-0.39, 0.29) is 0 Å². The predicted molar refractivity (Wildman–Crippen MR) is 105 cm³/mol. The van der Waals surface area contributed by atoms with Crippen LogP contribution in [0.5, 0.6) is 0 Å². The van der Waals surface area contributed by atoms with Crippen molar-refractivity contribution in [1.29, 1.82) is 5.26 Å². The number of allylic oxidation sites excluding steroid dienone is 1. The second-order valence-electron chi connectivity index (χ2n) is 5.64. The lowest BCUT2D eigenvalue weighted by Crippen LogP contribution is -1.89. The van der Waals surface area contributed by atoms with E-state index in [0.717, 1.165) is 27.5 Å². The molecule has 4 nitrogen and oxygen atoms in total. The third kappa shape index (κ3) is 3.32. The lowest BCUT2D eigenvalue weighted by atomic mass is 10.1. The number of nitrogens with zero attached hydrogens (tertiary/aromatic N) is 4. The van der Waals surface area contributed by atoms with Crippen LogP contribution < -0.4 is 0 Å². The zero-order valence-corrected chi connectivity index (χ0v) is 14.6. The molecule has 0 unspecified atom stereocenters. The summed E-state index contributed by atoms with van der Waals surface area (Å²) in [5.41, 5.74) is 4.49. The summed E-state index contributed by atoms with van der Waals surface area (Å²) in [6.07, 6.45) is 7.26. The highest BCUT2D eigenvalue weighted by atomic mass is 32.1. The molecular formula is C21H14N4S. The number of thiazole rings is 1. The molecule has 0 aliphatic carbocycles. The Labute approximate surface area is 155 Å². The molecule has 0 aliphatic heterocycles. The maximum Gasteiger partial charge on any atom is 0.134 e. The van der Waals surface area contributed by atoms with Crippen LogP contribution in [0.25, 0.3) is 28.6 Å². The maximum absolute atomic E-state index is 9.56. The molecule has 0 bridgehead atoms. The Morgan fingerprint density at radius 1 is 1.08 bits per heavy atom. The first-order valence-corrected chi connectivity index (χ1v) is 8.93. The first-order valence-electron chi connectivity index (χ1n) is 8.05. The maximum atomic E-state index is 9.56. The number of aromatic nitrogens is 3. The number of benzene rings is 2. The molecule has 2 aromatic heterocycles. The highest BCUT2D eigenvalue weighted by molar-refractivity contribution is 7.11. The first-order chi connectivity index (χ1) is 12.8. The molecule has 4 aromatic rings. The Morgan fingerprint density at radius 2 is 1.88 bits per heavy atom. The minimum absolute atomic E-state index is 0.563. The van der Waals surface area contributed by atoms with Crippen molar-refractivity contribution in [3.8, 4) is 23.0 Å². The van der Waals surface area contributed by atoms with E-state index in [4.69, 9.17) is 0 Å². The van der Waals surface area contributed by atoms with E-state index in [2.05, 4.69) is 16.0 Å². The molecule has 0 amide bonds. The monoisotopic (exact) mass is 354 g/mol. The Kier molecular flexibility index (Phi) is 4.42. The number of rotatable bonds is 4. The highest BCUT2D eigenvalue weighted by Gasteiger charge is 2.09. The van der Waals surface area contributed by atoms with Crippen molar-refractivity contribution in [1.82, 2.24) is 14.5 Å². The molecule has 2 heterocycles. The van der Waals surface area contributed by atoms with Crippen LogP contribution in [-0.2, 0) is 0 Å². The predicted octanol–water partition coefficient (Wildman–Crippen LogP) is 5.06. The number of hydrogen-bond acceptors (Lipinski definition) is 4. The molecule has 4 rings (SSSR count). The molecule has 5 heteroatoms. The molecule has 0 spiro atoms. The first kappa shape index (κ1) is 16.0. The Hall–Kier alpha value is -3.49. The fraction of sp³-hybridized carbons (Fsp3) is 0. The molecule has 0 N–H and O–H groups in total. The largest absolute Gasteiger partial charge is 0.306 e. The van der Waals surface area contributed by atoms with E-state index in [1.807, 2.05) is 76.8 Å². The molecule has 0 atom stereocenters. The number of imidazole rings is 1. The third-order valence-corrected chi connectivity index (χ3v) is 4.81. The summed E-state index contributed by atoms with van der Waals surface area (Å²) in [6, 6.07) is 20.2. The Bertz CT molecular complexity index is 1070. The molecule has 0 fully saturated rings. The summed E-state index contributed by atoms with van der Waals surface area (Å²) in [6.45, 7) is 0. The van der Waals surface area contributed by atoms with Crippen molar-refractivity contribution in [3.63, 3.8) is 0 Å². The van der Waals surface area contributed by atoms with Gasteiger partial charge in [0.15, 0.2) is 0 Å². The van der Waals surface area contributed by atoms with Crippen molar-refractivity contribution in [2.45, 2.75) is 0 Å². The van der Waals surface area contributed by atoms with E-state index in [9.17, 15) is 5.26 Å². The van der Waals surface area contributed by atoms with Gasteiger partial charge >= 0.3 is 0 Å². The van der Waals surface area contributed by atoms with E-state index in [1.165, 1.54) is 11.3 Å². The summed E-state index contributed by atoms with van der Waals surface area (Å²) < 4.78 is 1.94. The summed E-state index contributed by atoms with van der Waals surface area (Å²) >= 11 is 1.48. The van der Waals surface area contributed by atoms with Gasteiger partial charge < -0.3 is 4.57 Å². The molecule has 0 saturated carbocycles. The molecular weight excluding hydrogens is 340 g/mol. The zero-order chi connectivity index (χ0) is 17.8. The van der Waals surface area contributed by atoms with Crippen molar-refractivity contribution in [2.75, 3.05) is 0 Å². The van der Waals surface area contributed by atoms with Gasteiger partial charge in [-0.05, 0) is 23.8 Å². The standard InChI is InChI=1S/C21H14N4S/c22-13-18(21-24-20(14-26-21)17-4-2-1-3-5-17)12-16-6-8-19(9-7-16)25-11-10-23-15-25/h1-12,14-15H/b18-12-. The second-order valence-corrected chi connectivity index (χ2v) is 6.49. The van der Waals surface area contributed by atoms with Gasteiger partial charge in [0.05, 0.1) is 17.6 Å². The molecule has 0 radical (unpaired) electrons. The molecule has 124 valence electrons. The number of nitriles is 1. The van der Waals surface area contributed by atoms with Crippen LogP contribution in [0.1, 0.15) is 10.6 Å². The average Bonchev–Trinajstić information content (AvgIpc) is 3.39. The van der Waals surface area contributed by atoms with E-state index < -0.39 is 0 Å². The Balaban J connectivity index is 1.61. The van der Waals surface area contributed by atoms with Gasteiger partial charge in [-0.1, -0.05) is 42.5 Å². The summed E-state index contributed by atoms with van der Waals surface area (Å²) in [5.74, 6) is 0. The fourth-order valence-corrected chi connectivity index (χ4v) is 3.40. The van der Waals surface area contributed by atoms with E-state index >= 15 is 0 Å². The SMILES string of the molecule is N#C/C(=C/c1ccc(-n2ccnc2)cc1)c1nc(-c2ccccc2)cs1. The van der Waals surface area contributed by atoms with Crippen LogP contribution >= 0.6 is 11.3 Å². The fourth-order valence-electron chi connectivity index (χ4n) is 2.60. The van der Waals surface area contributed by atoms with Gasteiger partial charge in [-0.3, -0.25) is 0 Å². The van der Waals surface area contributed by atoms with Crippen LogP contribution in [0.15, 0.2) is 78.7 Å². The van der Waals surface area contributed by atoms with Crippen molar-refractivity contribution in [2.24, 2.45) is 0 Å².